The Morgan fingerprint density at radius 1 is 1.06 bits per heavy atom. The van der Waals surface area contributed by atoms with E-state index in [1.54, 1.807) is 45.0 Å². The van der Waals surface area contributed by atoms with Crippen molar-refractivity contribution in [2.24, 2.45) is 0 Å². The molecule has 2 aromatic rings. The molecule has 0 saturated carbocycles. The minimum absolute atomic E-state index is 0.0612. The van der Waals surface area contributed by atoms with Crippen LogP contribution in [-0.2, 0) is 26.1 Å². The molecule has 1 atom stereocenters. The molecular weight excluding hydrogens is 460 g/mol. The maximum Gasteiger partial charge on any atom is 0.338 e. The predicted molar refractivity (Wildman–Crippen MR) is 125 cm³/mol. The number of amides is 2. The molecule has 2 amide bonds. The first-order valence-electron chi connectivity index (χ1n) is 11.0. The van der Waals surface area contributed by atoms with Gasteiger partial charge in [0, 0.05) is 25.4 Å². The van der Waals surface area contributed by atoms with E-state index in [1.165, 1.54) is 16.6 Å². The van der Waals surface area contributed by atoms with Crippen molar-refractivity contribution in [1.82, 2.24) is 19.5 Å². The van der Waals surface area contributed by atoms with Gasteiger partial charge in [-0.25, -0.2) is 18.0 Å². The monoisotopic (exact) mass is 488 g/mol. The number of carbonyl (C=O) groups is 2. The molecule has 3 rings (SSSR count). The first-order valence-corrected chi connectivity index (χ1v) is 12.4. The lowest BCUT2D eigenvalue weighted by molar-refractivity contribution is -0.139. The lowest BCUT2D eigenvalue weighted by Crippen LogP contribution is -2.47. The lowest BCUT2D eigenvalue weighted by atomic mass is 9.95. The van der Waals surface area contributed by atoms with Crippen LogP contribution in [0.1, 0.15) is 32.4 Å². The third kappa shape index (κ3) is 5.20. The van der Waals surface area contributed by atoms with E-state index in [2.05, 4.69) is 10.6 Å². The highest BCUT2D eigenvalue weighted by molar-refractivity contribution is 7.89. The van der Waals surface area contributed by atoms with Gasteiger partial charge in [0.2, 0.25) is 10.0 Å². The van der Waals surface area contributed by atoms with Gasteiger partial charge in [-0.05, 0) is 18.6 Å². The topological polar surface area (TPSA) is 127 Å². The van der Waals surface area contributed by atoms with Crippen LogP contribution in [0.2, 0.25) is 0 Å². The number of sulfonamides is 1. The number of rotatable bonds is 9. The Hall–Kier alpha value is -3.44. The van der Waals surface area contributed by atoms with Crippen molar-refractivity contribution in [2.45, 2.75) is 38.3 Å². The summed E-state index contributed by atoms with van der Waals surface area (Å²) in [5, 5.41) is 5.31. The molecule has 34 heavy (non-hydrogen) atoms. The number of aromatic nitrogens is 1. The quantitative estimate of drug-likeness (QED) is 0.518. The van der Waals surface area contributed by atoms with Crippen LogP contribution in [0.5, 0.6) is 0 Å². The second-order valence-electron chi connectivity index (χ2n) is 7.48. The number of ether oxygens (including phenoxy) is 1. The second kappa shape index (κ2) is 10.7. The summed E-state index contributed by atoms with van der Waals surface area (Å²) in [5.41, 5.74) is 0.452. The number of carbonyl (C=O) groups excluding carboxylic acids is 2. The molecule has 1 aliphatic rings. The van der Waals surface area contributed by atoms with Gasteiger partial charge in [-0.3, -0.25) is 4.79 Å². The van der Waals surface area contributed by atoms with Crippen molar-refractivity contribution in [3.05, 3.63) is 75.8 Å². The molecule has 0 bridgehead atoms. The van der Waals surface area contributed by atoms with Crippen LogP contribution in [0.3, 0.4) is 0 Å². The highest BCUT2D eigenvalue weighted by Crippen LogP contribution is 2.28. The number of nitrogens with one attached hydrogen (secondary N) is 2. The number of nitrogens with zero attached hydrogens (tertiary/aromatic N) is 2. The molecule has 0 saturated heterocycles. The van der Waals surface area contributed by atoms with Gasteiger partial charge in [-0.2, -0.15) is 4.31 Å². The third-order valence-electron chi connectivity index (χ3n) is 5.41. The van der Waals surface area contributed by atoms with Crippen LogP contribution in [0.4, 0.5) is 4.79 Å². The van der Waals surface area contributed by atoms with E-state index >= 15 is 0 Å². The normalized spacial score (nSPS) is 16.2. The zero-order chi connectivity index (χ0) is 24.9. The highest BCUT2D eigenvalue weighted by atomic mass is 32.2. The molecular formula is C23H28N4O6S. The van der Waals surface area contributed by atoms with Crippen LogP contribution >= 0.6 is 0 Å². The molecule has 0 spiro atoms. The number of benzene rings is 1. The fourth-order valence-electron chi connectivity index (χ4n) is 3.76. The summed E-state index contributed by atoms with van der Waals surface area (Å²) in [7, 11) is -3.82. The molecule has 0 fully saturated rings. The van der Waals surface area contributed by atoms with Crippen molar-refractivity contribution in [2.75, 3.05) is 19.7 Å². The van der Waals surface area contributed by atoms with Crippen molar-refractivity contribution < 1.29 is 22.7 Å². The van der Waals surface area contributed by atoms with E-state index in [1.807, 2.05) is 6.07 Å². The minimum atomic E-state index is -3.82. The molecule has 2 heterocycles. The van der Waals surface area contributed by atoms with E-state index < -0.39 is 33.6 Å². The fourth-order valence-corrected chi connectivity index (χ4v) is 5.23. The molecule has 0 unspecified atom stereocenters. The summed E-state index contributed by atoms with van der Waals surface area (Å²) < 4.78 is 33.5. The molecule has 1 aromatic heterocycles. The third-order valence-corrected chi connectivity index (χ3v) is 7.44. The first-order chi connectivity index (χ1) is 16.2. The summed E-state index contributed by atoms with van der Waals surface area (Å²) in [5.74, 6) is -0.654. The van der Waals surface area contributed by atoms with Crippen molar-refractivity contribution in [3.8, 4) is 0 Å². The first kappa shape index (κ1) is 25.2. The minimum Gasteiger partial charge on any atom is -0.463 e. The molecule has 0 aliphatic carbocycles. The number of hydrogen-bond acceptors (Lipinski definition) is 6. The van der Waals surface area contributed by atoms with Gasteiger partial charge in [-0.15, -0.1) is 0 Å². The zero-order valence-corrected chi connectivity index (χ0v) is 20.1. The molecule has 0 radical (unpaired) electrons. The molecule has 11 heteroatoms. The summed E-state index contributed by atoms with van der Waals surface area (Å²) in [4.78, 5) is 37.9. The van der Waals surface area contributed by atoms with Gasteiger partial charge < -0.3 is 19.9 Å². The van der Waals surface area contributed by atoms with Crippen LogP contribution in [0.15, 0.2) is 69.6 Å². The lowest BCUT2D eigenvalue weighted by Gasteiger charge is -2.29. The van der Waals surface area contributed by atoms with E-state index in [0.29, 0.717) is 5.56 Å². The number of pyridine rings is 1. The van der Waals surface area contributed by atoms with Gasteiger partial charge in [0.1, 0.15) is 0 Å². The molecule has 10 nitrogen and oxygen atoms in total. The maximum absolute atomic E-state index is 12.9. The predicted octanol–water partition coefficient (Wildman–Crippen LogP) is 1.75. The Morgan fingerprint density at radius 3 is 2.35 bits per heavy atom. The van der Waals surface area contributed by atoms with Crippen molar-refractivity contribution in [3.63, 3.8) is 0 Å². The van der Waals surface area contributed by atoms with E-state index in [9.17, 15) is 22.8 Å². The largest absolute Gasteiger partial charge is 0.463 e. The standard InChI is InChI=1S/C23H28N4O6S/c1-4-27(5-2)34(31,32)17-12-13-19(28)26(14-17)15-18-20(22(29)33-6-3)21(25-23(30)24-18)16-10-8-7-9-11-16/h7-14,21H,4-6,15H2,1-3H3,(H2,24,25,30)/t21-/m1/s1. The smallest absolute Gasteiger partial charge is 0.338 e. The van der Waals surface area contributed by atoms with Gasteiger partial charge in [0.05, 0.1) is 35.4 Å². The van der Waals surface area contributed by atoms with Crippen LogP contribution in [0, 0.1) is 0 Å². The van der Waals surface area contributed by atoms with Crippen LogP contribution in [-0.4, -0.2) is 49.0 Å². The van der Waals surface area contributed by atoms with Crippen LogP contribution < -0.4 is 16.2 Å². The summed E-state index contributed by atoms with van der Waals surface area (Å²) in [6.45, 7) is 5.54. The number of urea groups is 1. The fraction of sp³-hybridized carbons (Fsp3) is 0.348. The van der Waals surface area contributed by atoms with E-state index in [0.717, 1.165) is 10.6 Å². The van der Waals surface area contributed by atoms with Crippen molar-refractivity contribution in [1.29, 1.82) is 0 Å². The van der Waals surface area contributed by atoms with Gasteiger partial charge in [0.25, 0.3) is 5.56 Å². The van der Waals surface area contributed by atoms with Gasteiger partial charge in [0.15, 0.2) is 0 Å². The molecule has 182 valence electrons. The SMILES string of the molecule is CCOC(=O)C1=C(Cn2cc(S(=O)(=O)N(CC)CC)ccc2=O)NC(=O)N[C@@H]1c1ccccc1. The average molecular weight is 489 g/mol. The Balaban J connectivity index is 2.12. The van der Waals surface area contributed by atoms with Crippen LogP contribution in [0.25, 0.3) is 0 Å². The second-order valence-corrected chi connectivity index (χ2v) is 9.41. The Labute approximate surface area is 198 Å². The Bertz CT molecular complexity index is 1250. The summed E-state index contributed by atoms with van der Waals surface area (Å²) in [6.07, 6.45) is 1.22. The number of allylic oxidation sites excluding steroid dienone is 1. The zero-order valence-electron chi connectivity index (χ0n) is 19.3. The van der Waals surface area contributed by atoms with Gasteiger partial charge >= 0.3 is 12.0 Å². The maximum atomic E-state index is 12.9. The summed E-state index contributed by atoms with van der Waals surface area (Å²) >= 11 is 0. The number of hydrogen-bond donors (Lipinski definition) is 2. The molecule has 2 N–H and O–H groups in total. The highest BCUT2D eigenvalue weighted by Gasteiger charge is 2.34. The Morgan fingerprint density at radius 2 is 1.74 bits per heavy atom. The molecule has 1 aromatic carbocycles. The molecule has 1 aliphatic heterocycles. The van der Waals surface area contributed by atoms with Crippen molar-refractivity contribution >= 4 is 22.0 Å². The van der Waals surface area contributed by atoms with Gasteiger partial charge in [-0.1, -0.05) is 44.2 Å². The Kier molecular flexibility index (Phi) is 7.90. The van der Waals surface area contributed by atoms with E-state index in [-0.39, 0.29) is 42.4 Å². The van der Waals surface area contributed by atoms with E-state index in [4.69, 9.17) is 4.74 Å². The summed E-state index contributed by atoms with van der Waals surface area (Å²) in [6, 6.07) is 9.92. The average Bonchev–Trinajstić information content (AvgIpc) is 2.81. The number of esters is 1.